The molecule has 1 amide bonds. The molecule has 2 heterocycles. The number of carbonyl (C=O) groups excluding carboxylic acids is 1. The Bertz CT molecular complexity index is 734. The molecule has 6 heteroatoms. The van der Waals surface area contributed by atoms with Crippen molar-refractivity contribution in [1.82, 2.24) is 10.2 Å². The third kappa shape index (κ3) is 2.41. The number of hydrogen-bond donors (Lipinski definition) is 3. The van der Waals surface area contributed by atoms with Crippen LogP contribution in [0, 0.1) is 0 Å². The summed E-state index contributed by atoms with van der Waals surface area (Å²) < 4.78 is 0. The number of thiophene rings is 1. The number of aromatic hydroxyl groups is 1. The molecule has 3 aromatic rings. The second-order valence-corrected chi connectivity index (χ2v) is 5.06. The SMILES string of the molecule is O=C(Nc1ccccc1O)c1cc(-c2cccs2)[nH]n1. The zero-order chi connectivity index (χ0) is 13.9. The molecule has 0 aliphatic rings. The molecule has 20 heavy (non-hydrogen) atoms. The Balaban J connectivity index is 1.80. The Morgan fingerprint density at radius 3 is 2.85 bits per heavy atom. The minimum atomic E-state index is -0.370. The van der Waals surface area contributed by atoms with Crippen molar-refractivity contribution in [2.75, 3.05) is 5.32 Å². The van der Waals surface area contributed by atoms with E-state index in [9.17, 15) is 9.90 Å². The number of carbonyl (C=O) groups is 1. The molecule has 0 fully saturated rings. The summed E-state index contributed by atoms with van der Waals surface area (Å²) in [5.74, 6) is -0.347. The molecule has 0 unspecified atom stereocenters. The predicted molar refractivity (Wildman–Crippen MR) is 78.0 cm³/mol. The minimum absolute atomic E-state index is 0.0230. The molecule has 0 saturated heterocycles. The van der Waals surface area contributed by atoms with Gasteiger partial charge in [0.15, 0.2) is 5.69 Å². The number of para-hydroxylation sites is 2. The number of H-pyrrole nitrogens is 1. The lowest BCUT2D eigenvalue weighted by Gasteiger charge is -2.04. The molecule has 5 nitrogen and oxygen atoms in total. The number of hydrogen-bond acceptors (Lipinski definition) is 4. The van der Waals surface area contributed by atoms with Gasteiger partial charge in [-0.1, -0.05) is 18.2 Å². The molecule has 0 bridgehead atoms. The predicted octanol–water partition coefficient (Wildman–Crippen LogP) is 3.10. The van der Waals surface area contributed by atoms with Gasteiger partial charge in [0.25, 0.3) is 5.91 Å². The van der Waals surface area contributed by atoms with Crippen LogP contribution in [0.15, 0.2) is 47.8 Å². The van der Waals surface area contributed by atoms with E-state index < -0.39 is 0 Å². The lowest BCUT2D eigenvalue weighted by Crippen LogP contribution is -2.12. The monoisotopic (exact) mass is 285 g/mol. The number of nitrogens with zero attached hydrogens (tertiary/aromatic N) is 1. The third-order valence-electron chi connectivity index (χ3n) is 2.75. The second kappa shape index (κ2) is 5.18. The van der Waals surface area contributed by atoms with Crippen molar-refractivity contribution < 1.29 is 9.90 Å². The molecule has 0 saturated carbocycles. The van der Waals surface area contributed by atoms with Crippen LogP contribution in [0.5, 0.6) is 5.75 Å². The van der Waals surface area contributed by atoms with Crippen LogP contribution in [-0.4, -0.2) is 21.2 Å². The van der Waals surface area contributed by atoms with E-state index in [0.717, 1.165) is 10.6 Å². The van der Waals surface area contributed by atoms with Crippen LogP contribution in [0.4, 0.5) is 5.69 Å². The van der Waals surface area contributed by atoms with Crippen molar-refractivity contribution >= 4 is 22.9 Å². The Hall–Kier alpha value is -2.60. The zero-order valence-corrected chi connectivity index (χ0v) is 11.1. The second-order valence-electron chi connectivity index (χ2n) is 4.12. The Labute approximate surface area is 118 Å². The average Bonchev–Trinajstić information content (AvgIpc) is 3.11. The van der Waals surface area contributed by atoms with Gasteiger partial charge in [-0.3, -0.25) is 9.89 Å². The molecule has 3 N–H and O–H groups in total. The summed E-state index contributed by atoms with van der Waals surface area (Å²) >= 11 is 1.56. The lowest BCUT2D eigenvalue weighted by molar-refractivity contribution is 0.102. The van der Waals surface area contributed by atoms with Crippen LogP contribution in [0.1, 0.15) is 10.5 Å². The summed E-state index contributed by atoms with van der Waals surface area (Å²) in [6, 6.07) is 12.1. The number of aromatic nitrogens is 2. The van der Waals surface area contributed by atoms with E-state index >= 15 is 0 Å². The zero-order valence-electron chi connectivity index (χ0n) is 10.3. The van der Waals surface area contributed by atoms with E-state index in [-0.39, 0.29) is 17.4 Å². The number of nitrogens with one attached hydrogen (secondary N) is 2. The van der Waals surface area contributed by atoms with E-state index in [1.165, 1.54) is 6.07 Å². The quantitative estimate of drug-likeness (QED) is 0.647. The Morgan fingerprint density at radius 1 is 1.25 bits per heavy atom. The van der Waals surface area contributed by atoms with Gasteiger partial charge in [-0.2, -0.15) is 5.10 Å². The van der Waals surface area contributed by atoms with Crippen LogP contribution in [0.2, 0.25) is 0 Å². The lowest BCUT2D eigenvalue weighted by atomic mass is 10.2. The highest BCUT2D eigenvalue weighted by molar-refractivity contribution is 7.13. The van der Waals surface area contributed by atoms with Crippen molar-refractivity contribution in [3.63, 3.8) is 0 Å². The van der Waals surface area contributed by atoms with E-state index in [1.807, 2.05) is 17.5 Å². The van der Waals surface area contributed by atoms with Crippen LogP contribution in [-0.2, 0) is 0 Å². The summed E-state index contributed by atoms with van der Waals surface area (Å²) in [6.07, 6.45) is 0. The molecule has 0 aliphatic heterocycles. The van der Waals surface area contributed by atoms with Crippen molar-refractivity contribution in [3.05, 3.63) is 53.5 Å². The number of phenolic OH excluding ortho intramolecular Hbond substituents is 1. The van der Waals surface area contributed by atoms with Gasteiger partial charge < -0.3 is 10.4 Å². The van der Waals surface area contributed by atoms with E-state index in [1.54, 1.807) is 35.6 Å². The van der Waals surface area contributed by atoms with Crippen LogP contribution < -0.4 is 5.32 Å². The molecule has 3 rings (SSSR count). The molecular formula is C14H11N3O2S. The van der Waals surface area contributed by atoms with Gasteiger partial charge in [0.2, 0.25) is 0 Å². The molecule has 0 spiro atoms. The van der Waals surface area contributed by atoms with Crippen molar-refractivity contribution in [2.24, 2.45) is 0 Å². The highest BCUT2D eigenvalue weighted by atomic mass is 32.1. The third-order valence-corrected chi connectivity index (χ3v) is 3.65. The largest absolute Gasteiger partial charge is 0.506 e. The standard InChI is InChI=1S/C14H11N3O2S/c18-12-5-2-1-4-9(12)15-14(19)11-8-10(16-17-11)13-6-3-7-20-13/h1-8,18H,(H,15,19)(H,16,17). The van der Waals surface area contributed by atoms with Crippen molar-refractivity contribution in [3.8, 4) is 16.3 Å². The maximum absolute atomic E-state index is 12.0. The van der Waals surface area contributed by atoms with Gasteiger partial charge in [0.05, 0.1) is 16.3 Å². The van der Waals surface area contributed by atoms with Crippen LogP contribution in [0.3, 0.4) is 0 Å². The highest BCUT2D eigenvalue weighted by Crippen LogP contribution is 2.24. The summed E-state index contributed by atoms with van der Waals surface area (Å²) in [6.45, 7) is 0. The first-order valence-electron chi connectivity index (χ1n) is 5.92. The maximum atomic E-state index is 12.0. The number of amides is 1. The molecule has 2 aromatic heterocycles. The number of benzene rings is 1. The van der Waals surface area contributed by atoms with Crippen LogP contribution >= 0.6 is 11.3 Å². The highest BCUT2D eigenvalue weighted by Gasteiger charge is 2.13. The van der Waals surface area contributed by atoms with E-state index in [4.69, 9.17) is 0 Å². The fraction of sp³-hybridized carbons (Fsp3) is 0. The van der Waals surface area contributed by atoms with Crippen molar-refractivity contribution in [1.29, 1.82) is 0 Å². The Kier molecular flexibility index (Phi) is 3.22. The number of rotatable bonds is 3. The molecule has 0 atom stereocenters. The van der Waals surface area contributed by atoms with Gasteiger partial charge in [-0.25, -0.2) is 0 Å². The maximum Gasteiger partial charge on any atom is 0.276 e. The average molecular weight is 285 g/mol. The first kappa shape index (κ1) is 12.4. The summed E-state index contributed by atoms with van der Waals surface area (Å²) in [4.78, 5) is 13.1. The number of phenols is 1. The topological polar surface area (TPSA) is 78.0 Å². The Morgan fingerprint density at radius 2 is 2.10 bits per heavy atom. The number of anilines is 1. The number of aromatic amines is 1. The van der Waals surface area contributed by atoms with Gasteiger partial charge >= 0.3 is 0 Å². The van der Waals surface area contributed by atoms with E-state index in [0.29, 0.717) is 5.69 Å². The van der Waals surface area contributed by atoms with E-state index in [2.05, 4.69) is 15.5 Å². The fourth-order valence-electron chi connectivity index (χ4n) is 1.76. The summed E-state index contributed by atoms with van der Waals surface area (Å²) in [7, 11) is 0. The van der Waals surface area contributed by atoms with Gasteiger partial charge in [0.1, 0.15) is 5.75 Å². The normalized spacial score (nSPS) is 10.4. The minimum Gasteiger partial charge on any atom is -0.506 e. The molecule has 0 aliphatic carbocycles. The molecular weight excluding hydrogens is 274 g/mol. The van der Waals surface area contributed by atoms with Crippen LogP contribution in [0.25, 0.3) is 10.6 Å². The summed E-state index contributed by atoms with van der Waals surface area (Å²) in [5.41, 5.74) is 1.43. The first-order chi connectivity index (χ1) is 9.74. The molecule has 1 aromatic carbocycles. The first-order valence-corrected chi connectivity index (χ1v) is 6.80. The van der Waals surface area contributed by atoms with Gasteiger partial charge in [-0.15, -0.1) is 11.3 Å². The molecule has 0 radical (unpaired) electrons. The fourth-order valence-corrected chi connectivity index (χ4v) is 2.45. The summed E-state index contributed by atoms with van der Waals surface area (Å²) in [5, 5.41) is 21.0. The van der Waals surface area contributed by atoms with Crippen molar-refractivity contribution in [2.45, 2.75) is 0 Å². The smallest absolute Gasteiger partial charge is 0.276 e. The van der Waals surface area contributed by atoms with Gasteiger partial charge in [-0.05, 0) is 29.6 Å². The molecule has 100 valence electrons. The van der Waals surface area contributed by atoms with Gasteiger partial charge in [0, 0.05) is 0 Å².